The normalized spacial score (nSPS) is 19.5. The van der Waals surface area contributed by atoms with Gasteiger partial charge in [-0.1, -0.05) is 6.07 Å². The number of likely N-dealkylation sites (tertiary alicyclic amines) is 1. The average molecular weight is 341 g/mol. The van der Waals surface area contributed by atoms with Crippen molar-refractivity contribution in [2.45, 2.75) is 25.3 Å². The highest BCUT2D eigenvalue weighted by Crippen LogP contribution is 2.38. The van der Waals surface area contributed by atoms with Crippen LogP contribution in [0.2, 0.25) is 0 Å². The van der Waals surface area contributed by atoms with E-state index in [9.17, 15) is 9.59 Å². The third-order valence-corrected chi connectivity index (χ3v) is 4.57. The van der Waals surface area contributed by atoms with Crippen molar-refractivity contribution in [2.24, 2.45) is 0 Å². The number of amides is 1. The molecule has 1 amide bonds. The summed E-state index contributed by atoms with van der Waals surface area (Å²) in [5, 5.41) is 6.18. The zero-order valence-electron chi connectivity index (χ0n) is 13.7. The third kappa shape index (κ3) is 3.09. The predicted molar refractivity (Wildman–Crippen MR) is 89.9 cm³/mol. The van der Waals surface area contributed by atoms with E-state index in [0.29, 0.717) is 19.8 Å². The lowest BCUT2D eigenvalue weighted by molar-refractivity contribution is 0.0728. The standard InChI is InChI=1S/C18H19N3O4/c22-17-7-5-13(19-20-17)18(23)21-8-1-3-14(21)12-4-6-15-16(11-12)25-10-2-9-24-15/h4-7,11,14H,1-3,8-10H2,(H,20,22)/t14-/m1/s1. The number of carbonyl (C=O) groups is 1. The highest BCUT2D eigenvalue weighted by atomic mass is 16.5. The Bertz CT molecular complexity index is 828. The Hall–Kier alpha value is -2.83. The molecule has 0 aliphatic carbocycles. The monoisotopic (exact) mass is 341 g/mol. The van der Waals surface area contributed by atoms with Crippen molar-refractivity contribution in [3.8, 4) is 11.5 Å². The minimum absolute atomic E-state index is 0.0293. The average Bonchev–Trinajstić information content (AvgIpc) is 3.00. The van der Waals surface area contributed by atoms with Gasteiger partial charge in [0.05, 0.1) is 19.3 Å². The van der Waals surface area contributed by atoms with E-state index in [4.69, 9.17) is 9.47 Å². The zero-order chi connectivity index (χ0) is 17.2. The molecule has 2 aliphatic heterocycles. The molecule has 1 atom stereocenters. The molecule has 3 heterocycles. The zero-order valence-corrected chi connectivity index (χ0v) is 13.7. The van der Waals surface area contributed by atoms with Gasteiger partial charge in [0.2, 0.25) is 0 Å². The summed E-state index contributed by atoms with van der Waals surface area (Å²) < 4.78 is 11.4. The molecule has 2 aliphatic rings. The molecule has 25 heavy (non-hydrogen) atoms. The first-order valence-electron chi connectivity index (χ1n) is 8.48. The maximum atomic E-state index is 12.8. The molecule has 1 fully saturated rings. The van der Waals surface area contributed by atoms with Crippen molar-refractivity contribution in [1.29, 1.82) is 0 Å². The van der Waals surface area contributed by atoms with Crippen LogP contribution in [0, 0.1) is 0 Å². The number of fused-ring (bicyclic) bond motifs is 1. The second kappa shape index (κ2) is 6.58. The Kier molecular flexibility index (Phi) is 4.13. The van der Waals surface area contributed by atoms with Crippen LogP contribution < -0.4 is 15.0 Å². The molecule has 7 nitrogen and oxygen atoms in total. The Labute approximate surface area is 144 Å². The minimum atomic E-state index is -0.322. The van der Waals surface area contributed by atoms with Crippen LogP contribution in [0.5, 0.6) is 11.5 Å². The van der Waals surface area contributed by atoms with Gasteiger partial charge in [-0.3, -0.25) is 9.59 Å². The maximum absolute atomic E-state index is 12.8. The van der Waals surface area contributed by atoms with Crippen LogP contribution in [0.4, 0.5) is 0 Å². The molecule has 0 spiro atoms. The van der Waals surface area contributed by atoms with E-state index in [1.807, 2.05) is 18.2 Å². The quantitative estimate of drug-likeness (QED) is 0.902. The first-order chi connectivity index (χ1) is 12.2. The van der Waals surface area contributed by atoms with Gasteiger partial charge in [0, 0.05) is 19.0 Å². The van der Waals surface area contributed by atoms with Gasteiger partial charge in [-0.2, -0.15) is 5.10 Å². The Morgan fingerprint density at radius 2 is 1.96 bits per heavy atom. The van der Waals surface area contributed by atoms with Crippen LogP contribution in [-0.2, 0) is 0 Å². The second-order valence-electron chi connectivity index (χ2n) is 6.22. The lowest BCUT2D eigenvalue weighted by Crippen LogP contribution is -2.32. The summed E-state index contributed by atoms with van der Waals surface area (Å²) in [6, 6.07) is 8.62. The number of H-pyrrole nitrogens is 1. The smallest absolute Gasteiger partial charge is 0.274 e. The number of hydrogen-bond acceptors (Lipinski definition) is 5. The summed E-state index contributed by atoms with van der Waals surface area (Å²) in [6.45, 7) is 1.95. The number of nitrogens with one attached hydrogen (secondary N) is 1. The number of hydrogen-bond donors (Lipinski definition) is 1. The summed E-state index contributed by atoms with van der Waals surface area (Å²) in [6.07, 6.45) is 2.67. The Morgan fingerprint density at radius 1 is 1.12 bits per heavy atom. The van der Waals surface area contributed by atoms with Gasteiger partial charge in [0.25, 0.3) is 11.5 Å². The van der Waals surface area contributed by atoms with Crippen molar-refractivity contribution in [1.82, 2.24) is 15.1 Å². The van der Waals surface area contributed by atoms with E-state index >= 15 is 0 Å². The van der Waals surface area contributed by atoms with E-state index < -0.39 is 0 Å². The third-order valence-electron chi connectivity index (χ3n) is 4.57. The first kappa shape index (κ1) is 15.7. The van der Waals surface area contributed by atoms with Crippen molar-refractivity contribution < 1.29 is 14.3 Å². The van der Waals surface area contributed by atoms with E-state index in [0.717, 1.165) is 36.3 Å². The Morgan fingerprint density at radius 3 is 2.76 bits per heavy atom. The molecule has 130 valence electrons. The van der Waals surface area contributed by atoms with Crippen molar-refractivity contribution in [3.05, 3.63) is 51.9 Å². The van der Waals surface area contributed by atoms with Gasteiger partial charge in [0.15, 0.2) is 11.5 Å². The Balaban J connectivity index is 1.61. The van der Waals surface area contributed by atoms with Gasteiger partial charge in [-0.25, -0.2) is 5.10 Å². The van der Waals surface area contributed by atoms with Crippen molar-refractivity contribution in [3.63, 3.8) is 0 Å². The molecule has 0 saturated carbocycles. The van der Waals surface area contributed by atoms with Crippen LogP contribution in [0.25, 0.3) is 0 Å². The molecule has 0 bridgehead atoms. The SMILES string of the molecule is O=C(c1ccc(=O)[nH]n1)N1CCC[C@@H]1c1ccc2c(c1)OCCCO2. The summed E-state index contributed by atoms with van der Waals surface area (Å²) in [4.78, 5) is 25.7. The summed E-state index contributed by atoms with van der Waals surface area (Å²) in [5.74, 6) is 1.31. The topological polar surface area (TPSA) is 84.5 Å². The van der Waals surface area contributed by atoms with Crippen molar-refractivity contribution in [2.75, 3.05) is 19.8 Å². The molecule has 0 radical (unpaired) electrons. The fourth-order valence-electron chi connectivity index (χ4n) is 3.35. The number of carbonyl (C=O) groups excluding carboxylic acids is 1. The van der Waals surface area contributed by atoms with Gasteiger partial charge in [0.1, 0.15) is 5.69 Å². The summed E-state index contributed by atoms with van der Waals surface area (Å²) in [7, 11) is 0. The van der Waals surface area contributed by atoms with Gasteiger partial charge in [-0.05, 0) is 36.6 Å². The molecular weight excluding hydrogens is 322 g/mol. The summed E-state index contributed by atoms with van der Waals surface area (Å²) in [5.41, 5.74) is 0.956. The van der Waals surface area contributed by atoms with Gasteiger partial charge >= 0.3 is 0 Å². The number of rotatable bonds is 2. The highest BCUT2D eigenvalue weighted by Gasteiger charge is 2.32. The van der Waals surface area contributed by atoms with E-state index in [2.05, 4.69) is 10.2 Å². The number of benzene rings is 1. The van der Waals surface area contributed by atoms with Crippen LogP contribution in [0.1, 0.15) is 41.4 Å². The molecule has 7 heteroatoms. The highest BCUT2D eigenvalue weighted by molar-refractivity contribution is 5.92. The molecule has 1 aromatic heterocycles. The minimum Gasteiger partial charge on any atom is -0.490 e. The number of nitrogens with zero attached hydrogens (tertiary/aromatic N) is 2. The van der Waals surface area contributed by atoms with Crippen LogP contribution >= 0.6 is 0 Å². The molecule has 1 aromatic carbocycles. The first-order valence-corrected chi connectivity index (χ1v) is 8.48. The number of aromatic nitrogens is 2. The molecule has 1 saturated heterocycles. The molecule has 2 aromatic rings. The largest absolute Gasteiger partial charge is 0.490 e. The van der Waals surface area contributed by atoms with Crippen LogP contribution in [0.3, 0.4) is 0 Å². The fraction of sp³-hybridized carbons (Fsp3) is 0.389. The summed E-state index contributed by atoms with van der Waals surface area (Å²) >= 11 is 0. The van der Waals surface area contributed by atoms with Crippen LogP contribution in [-0.4, -0.2) is 40.8 Å². The fourth-order valence-corrected chi connectivity index (χ4v) is 3.35. The maximum Gasteiger partial charge on any atom is 0.274 e. The lowest BCUT2D eigenvalue weighted by Gasteiger charge is -2.25. The number of ether oxygens (including phenoxy) is 2. The van der Waals surface area contributed by atoms with E-state index in [1.54, 1.807) is 4.90 Å². The number of aromatic amines is 1. The lowest BCUT2D eigenvalue weighted by atomic mass is 10.0. The van der Waals surface area contributed by atoms with E-state index in [1.165, 1.54) is 12.1 Å². The molecular formula is C18H19N3O4. The molecule has 4 rings (SSSR count). The van der Waals surface area contributed by atoms with Crippen LogP contribution in [0.15, 0.2) is 35.1 Å². The second-order valence-corrected chi connectivity index (χ2v) is 6.22. The van der Waals surface area contributed by atoms with E-state index in [-0.39, 0.29) is 23.2 Å². The predicted octanol–water partition coefficient (Wildman–Crippen LogP) is 1.91. The van der Waals surface area contributed by atoms with Gasteiger partial charge < -0.3 is 14.4 Å². The van der Waals surface area contributed by atoms with Gasteiger partial charge in [-0.15, -0.1) is 0 Å². The molecule has 0 unspecified atom stereocenters. The van der Waals surface area contributed by atoms with Crippen molar-refractivity contribution >= 4 is 5.91 Å². The molecule has 1 N–H and O–H groups in total.